The summed E-state index contributed by atoms with van der Waals surface area (Å²) in [6.45, 7) is 3.95. The van der Waals surface area contributed by atoms with Crippen LogP contribution in [-0.4, -0.2) is 33.0 Å². The summed E-state index contributed by atoms with van der Waals surface area (Å²) in [5.74, 6) is -0.532. The third-order valence-electron chi connectivity index (χ3n) is 2.90. The summed E-state index contributed by atoms with van der Waals surface area (Å²) in [4.78, 5) is 23.1. The molecule has 1 rings (SSSR count). The van der Waals surface area contributed by atoms with E-state index >= 15 is 0 Å². The van der Waals surface area contributed by atoms with Gasteiger partial charge in [-0.3, -0.25) is 9.59 Å². The second kappa shape index (κ2) is 5.83. The average Bonchev–Trinajstić information content (AvgIpc) is 2.59. The first-order chi connectivity index (χ1) is 7.41. The molecule has 0 radical (unpaired) electrons. The Kier molecular flexibility index (Phi) is 5.27. The number of carbonyl (C=O) groups is 2. The van der Waals surface area contributed by atoms with E-state index in [9.17, 15) is 9.59 Å². The summed E-state index contributed by atoms with van der Waals surface area (Å²) in [6.07, 6.45) is 0.173. The maximum atomic E-state index is 11.6. The fourth-order valence-corrected chi connectivity index (χ4v) is 1.94. The Balaban J connectivity index is 2.61. The van der Waals surface area contributed by atoms with Gasteiger partial charge in [-0.15, -0.1) is 0 Å². The van der Waals surface area contributed by atoms with Gasteiger partial charge in [0.25, 0.3) is 0 Å². The number of rotatable bonds is 4. The zero-order chi connectivity index (χ0) is 12.3. The van der Waals surface area contributed by atoms with Gasteiger partial charge in [0.15, 0.2) is 0 Å². The molecule has 0 amide bonds. The van der Waals surface area contributed by atoms with Gasteiger partial charge in [0.2, 0.25) is 0 Å². The molecule has 0 N–H and O–H groups in total. The van der Waals surface area contributed by atoms with Crippen LogP contribution < -0.4 is 0 Å². The van der Waals surface area contributed by atoms with Gasteiger partial charge in [0.1, 0.15) is 15.4 Å². The maximum absolute atomic E-state index is 11.6. The van der Waals surface area contributed by atoms with Crippen molar-refractivity contribution in [2.24, 2.45) is 5.41 Å². The molecule has 6 heteroatoms. The van der Waals surface area contributed by atoms with Crippen LogP contribution in [0.15, 0.2) is 0 Å². The van der Waals surface area contributed by atoms with Crippen LogP contribution in [0.25, 0.3) is 0 Å². The van der Waals surface area contributed by atoms with Crippen molar-refractivity contribution in [2.75, 3.05) is 11.0 Å². The highest BCUT2D eigenvalue weighted by molar-refractivity contribution is 14.1. The van der Waals surface area contributed by atoms with Crippen LogP contribution >= 0.6 is 45.2 Å². The van der Waals surface area contributed by atoms with Crippen LogP contribution in [0.2, 0.25) is 0 Å². The minimum atomic E-state index is -0.683. The molecule has 0 saturated carbocycles. The van der Waals surface area contributed by atoms with Crippen molar-refractivity contribution in [1.82, 2.24) is 0 Å². The summed E-state index contributed by atoms with van der Waals surface area (Å²) >= 11 is 4.17. The number of carbonyl (C=O) groups excluding carboxylic acids is 2. The summed E-state index contributed by atoms with van der Waals surface area (Å²) in [7, 11) is 0. The zero-order valence-corrected chi connectivity index (χ0v) is 13.5. The first kappa shape index (κ1) is 14.5. The van der Waals surface area contributed by atoms with Crippen LogP contribution in [-0.2, 0) is 19.1 Å². The molecule has 0 bridgehead atoms. The lowest BCUT2D eigenvalue weighted by Crippen LogP contribution is -2.39. The van der Waals surface area contributed by atoms with E-state index in [1.54, 1.807) is 13.8 Å². The Morgan fingerprint density at radius 2 is 2.31 bits per heavy atom. The van der Waals surface area contributed by atoms with Crippen molar-refractivity contribution >= 4 is 57.1 Å². The molecular weight excluding hydrogens is 438 g/mol. The number of ether oxygens (including phenoxy) is 2. The maximum Gasteiger partial charge on any atom is 0.319 e. The van der Waals surface area contributed by atoms with E-state index < -0.39 is 11.5 Å². The monoisotopic (exact) mass is 452 g/mol. The fourth-order valence-electron chi connectivity index (χ4n) is 1.43. The van der Waals surface area contributed by atoms with E-state index in [-0.39, 0.29) is 15.9 Å². The quantitative estimate of drug-likeness (QED) is 0.373. The molecule has 1 fully saturated rings. The smallest absolute Gasteiger partial charge is 0.319 e. The molecule has 3 unspecified atom stereocenters. The molecule has 1 aliphatic heterocycles. The largest absolute Gasteiger partial charge is 0.465 e. The molecule has 92 valence electrons. The predicted octanol–water partition coefficient (Wildman–Crippen LogP) is 2.11. The fraction of sp³-hybridized carbons (Fsp3) is 0.800. The van der Waals surface area contributed by atoms with Crippen molar-refractivity contribution in [2.45, 2.75) is 30.3 Å². The topological polar surface area (TPSA) is 52.6 Å². The first-order valence-corrected chi connectivity index (χ1v) is 7.76. The van der Waals surface area contributed by atoms with Crippen molar-refractivity contribution in [3.05, 3.63) is 0 Å². The third kappa shape index (κ3) is 2.99. The van der Waals surface area contributed by atoms with Crippen molar-refractivity contribution in [3.63, 3.8) is 0 Å². The third-order valence-corrected chi connectivity index (χ3v) is 6.42. The standard InChI is InChI=1S/C10H14I2O4/c1-6(16-8(13)7(12)5-11)10(2)3-4-15-9(10)14/h6-7H,3-5H2,1-2H3. The van der Waals surface area contributed by atoms with Crippen LogP contribution in [0, 0.1) is 5.41 Å². The average molecular weight is 452 g/mol. The van der Waals surface area contributed by atoms with Gasteiger partial charge < -0.3 is 9.47 Å². The molecule has 0 aromatic heterocycles. The van der Waals surface area contributed by atoms with Crippen LogP contribution in [0.1, 0.15) is 20.3 Å². The number of hydrogen-bond acceptors (Lipinski definition) is 4. The Hall–Kier alpha value is 0.400. The number of cyclic esters (lactones) is 1. The van der Waals surface area contributed by atoms with E-state index in [1.165, 1.54) is 0 Å². The molecule has 0 aromatic rings. The highest BCUT2D eigenvalue weighted by Crippen LogP contribution is 2.35. The summed E-state index contributed by atoms with van der Waals surface area (Å²) in [5, 5.41) is 0. The summed E-state index contributed by atoms with van der Waals surface area (Å²) in [5.41, 5.74) is -0.683. The van der Waals surface area contributed by atoms with E-state index in [2.05, 4.69) is 22.6 Å². The number of hydrogen-bond donors (Lipinski definition) is 0. The minimum absolute atomic E-state index is 0.165. The summed E-state index contributed by atoms with van der Waals surface area (Å²) in [6, 6.07) is 0. The Bertz CT molecular complexity index is 295. The van der Waals surface area contributed by atoms with Gasteiger partial charge in [0, 0.05) is 10.8 Å². The predicted molar refractivity (Wildman–Crippen MR) is 75.9 cm³/mol. The Labute approximate surface area is 122 Å². The molecule has 1 heterocycles. The molecule has 1 saturated heterocycles. The molecule has 0 aromatic carbocycles. The van der Waals surface area contributed by atoms with Crippen LogP contribution in [0.4, 0.5) is 0 Å². The number of esters is 2. The highest BCUT2D eigenvalue weighted by atomic mass is 127. The van der Waals surface area contributed by atoms with E-state index in [0.717, 1.165) is 0 Å². The van der Waals surface area contributed by atoms with Crippen LogP contribution in [0.5, 0.6) is 0 Å². The molecule has 4 nitrogen and oxygen atoms in total. The Morgan fingerprint density at radius 1 is 1.69 bits per heavy atom. The summed E-state index contributed by atoms with van der Waals surface area (Å²) < 4.78 is 10.8. The van der Waals surface area contributed by atoms with Gasteiger partial charge in [0.05, 0.1) is 6.61 Å². The lowest BCUT2D eigenvalue weighted by atomic mass is 9.83. The molecule has 3 atom stereocenters. The number of alkyl halides is 2. The molecular formula is C10H14I2O4. The van der Waals surface area contributed by atoms with Gasteiger partial charge in [-0.25, -0.2) is 0 Å². The highest BCUT2D eigenvalue weighted by Gasteiger charge is 2.46. The molecule has 16 heavy (non-hydrogen) atoms. The molecule has 0 aliphatic carbocycles. The number of halogens is 2. The second-order valence-corrected chi connectivity index (χ2v) is 6.39. The van der Waals surface area contributed by atoms with Gasteiger partial charge in [-0.05, 0) is 13.8 Å². The second-order valence-electron chi connectivity index (χ2n) is 4.00. The normalized spacial score (nSPS) is 28.4. The molecule has 0 spiro atoms. The lowest BCUT2D eigenvalue weighted by Gasteiger charge is -2.27. The van der Waals surface area contributed by atoms with Crippen molar-refractivity contribution in [3.8, 4) is 0 Å². The Morgan fingerprint density at radius 3 is 2.75 bits per heavy atom. The van der Waals surface area contributed by atoms with E-state index in [1.807, 2.05) is 22.6 Å². The van der Waals surface area contributed by atoms with Gasteiger partial charge in [-0.2, -0.15) is 0 Å². The minimum Gasteiger partial charge on any atom is -0.465 e. The zero-order valence-electron chi connectivity index (χ0n) is 9.16. The first-order valence-electron chi connectivity index (χ1n) is 4.99. The lowest BCUT2D eigenvalue weighted by molar-refractivity contribution is -0.161. The molecule has 1 aliphatic rings. The van der Waals surface area contributed by atoms with E-state index in [4.69, 9.17) is 9.47 Å². The van der Waals surface area contributed by atoms with Crippen molar-refractivity contribution in [1.29, 1.82) is 0 Å². The van der Waals surface area contributed by atoms with Crippen LogP contribution in [0.3, 0.4) is 0 Å². The van der Waals surface area contributed by atoms with Gasteiger partial charge in [-0.1, -0.05) is 45.2 Å². The van der Waals surface area contributed by atoms with E-state index in [0.29, 0.717) is 17.5 Å². The SMILES string of the molecule is CC(OC(=O)C(I)CI)C1(C)CCOC1=O. The van der Waals surface area contributed by atoms with Gasteiger partial charge >= 0.3 is 11.9 Å². The van der Waals surface area contributed by atoms with Crippen molar-refractivity contribution < 1.29 is 19.1 Å².